The molecule has 1 saturated heterocycles. The summed E-state index contributed by atoms with van der Waals surface area (Å²) in [5, 5.41) is 20.2. The van der Waals surface area contributed by atoms with Crippen molar-refractivity contribution in [2.75, 3.05) is 37.3 Å². The fourth-order valence-corrected chi connectivity index (χ4v) is 3.17. The van der Waals surface area contributed by atoms with Crippen LogP contribution in [0.1, 0.15) is 5.56 Å². The first-order chi connectivity index (χ1) is 9.82. The summed E-state index contributed by atoms with van der Waals surface area (Å²) >= 11 is 0. The topological polar surface area (TPSA) is 104 Å². The highest BCUT2D eigenvalue weighted by Crippen LogP contribution is 2.30. The zero-order chi connectivity index (χ0) is 15.6. The summed E-state index contributed by atoms with van der Waals surface area (Å²) < 4.78 is 24.3. The van der Waals surface area contributed by atoms with Gasteiger partial charge in [0.1, 0.15) is 5.69 Å². The summed E-state index contributed by atoms with van der Waals surface area (Å²) in [4.78, 5) is 12.5. The minimum Gasteiger partial charge on any atom is -0.392 e. The summed E-state index contributed by atoms with van der Waals surface area (Å²) in [5.74, 6) is 0. The Kier molecular flexibility index (Phi) is 4.45. The molecule has 0 saturated carbocycles. The highest BCUT2D eigenvalue weighted by molar-refractivity contribution is 7.88. The Morgan fingerprint density at radius 1 is 1.29 bits per heavy atom. The average molecular weight is 315 g/mol. The molecule has 9 heteroatoms. The van der Waals surface area contributed by atoms with Crippen molar-refractivity contribution in [1.82, 2.24) is 4.31 Å². The van der Waals surface area contributed by atoms with Crippen molar-refractivity contribution < 1.29 is 18.4 Å². The molecule has 8 nitrogen and oxygen atoms in total. The van der Waals surface area contributed by atoms with Gasteiger partial charge in [0, 0.05) is 32.2 Å². The first-order valence-corrected chi connectivity index (χ1v) is 8.26. The average Bonchev–Trinajstić information content (AvgIpc) is 2.45. The third kappa shape index (κ3) is 3.49. The van der Waals surface area contributed by atoms with Crippen molar-refractivity contribution >= 4 is 21.4 Å². The minimum absolute atomic E-state index is 0.0747. The molecule has 116 valence electrons. The van der Waals surface area contributed by atoms with Gasteiger partial charge in [0.05, 0.1) is 17.8 Å². The van der Waals surface area contributed by atoms with E-state index < -0.39 is 14.9 Å². The Hall–Kier alpha value is -1.71. The van der Waals surface area contributed by atoms with Crippen LogP contribution in [0.15, 0.2) is 18.2 Å². The number of hydrogen-bond acceptors (Lipinski definition) is 6. The van der Waals surface area contributed by atoms with E-state index in [9.17, 15) is 18.5 Å². The zero-order valence-corrected chi connectivity index (χ0v) is 12.4. The van der Waals surface area contributed by atoms with E-state index in [1.165, 1.54) is 10.4 Å². The molecule has 0 aromatic heterocycles. The van der Waals surface area contributed by atoms with E-state index in [1.54, 1.807) is 17.0 Å². The second kappa shape index (κ2) is 5.96. The molecule has 1 aromatic carbocycles. The Balaban J connectivity index is 2.22. The molecule has 0 spiro atoms. The molecule has 1 N–H and O–H groups in total. The molecule has 0 unspecified atom stereocenters. The van der Waals surface area contributed by atoms with E-state index in [2.05, 4.69) is 0 Å². The van der Waals surface area contributed by atoms with Crippen molar-refractivity contribution in [2.45, 2.75) is 6.61 Å². The highest BCUT2D eigenvalue weighted by atomic mass is 32.2. The third-order valence-electron chi connectivity index (χ3n) is 3.47. The Morgan fingerprint density at radius 2 is 1.90 bits per heavy atom. The summed E-state index contributed by atoms with van der Waals surface area (Å²) in [6.45, 7) is 1.14. The summed E-state index contributed by atoms with van der Waals surface area (Å²) in [6.07, 6.45) is 1.15. The summed E-state index contributed by atoms with van der Waals surface area (Å²) in [7, 11) is -3.23. The van der Waals surface area contributed by atoms with Gasteiger partial charge in [-0.1, -0.05) is 6.07 Å². The van der Waals surface area contributed by atoms with E-state index in [1.807, 2.05) is 0 Å². The molecule has 1 aromatic rings. The molecule has 0 radical (unpaired) electrons. The molecule has 0 atom stereocenters. The first-order valence-electron chi connectivity index (χ1n) is 6.41. The normalized spacial score (nSPS) is 17.0. The molecule has 1 heterocycles. The number of aliphatic hydroxyl groups excluding tert-OH is 1. The van der Waals surface area contributed by atoms with Crippen LogP contribution in [-0.4, -0.2) is 55.2 Å². The minimum atomic E-state index is -3.23. The van der Waals surface area contributed by atoms with Crippen LogP contribution in [0.3, 0.4) is 0 Å². The molecule has 0 bridgehead atoms. The summed E-state index contributed by atoms with van der Waals surface area (Å²) in [5.41, 5.74) is 0.847. The lowest BCUT2D eigenvalue weighted by atomic mass is 10.1. The number of nitro groups is 1. The quantitative estimate of drug-likeness (QED) is 0.627. The van der Waals surface area contributed by atoms with Crippen LogP contribution in [0.4, 0.5) is 11.4 Å². The molecular formula is C12H17N3O5S. The number of benzene rings is 1. The van der Waals surface area contributed by atoms with Crippen molar-refractivity contribution in [1.29, 1.82) is 0 Å². The van der Waals surface area contributed by atoms with Crippen molar-refractivity contribution in [3.05, 3.63) is 33.9 Å². The van der Waals surface area contributed by atoms with Gasteiger partial charge in [0.2, 0.25) is 10.0 Å². The number of rotatable bonds is 4. The van der Waals surface area contributed by atoms with E-state index >= 15 is 0 Å². The lowest BCUT2D eigenvalue weighted by molar-refractivity contribution is -0.384. The monoisotopic (exact) mass is 315 g/mol. The molecule has 0 aliphatic carbocycles. The SMILES string of the molecule is CS(=O)(=O)N1CCN(c2ccc(CO)cc2[N+](=O)[O-])CC1. The molecule has 1 aliphatic heterocycles. The Labute approximate surface area is 122 Å². The maximum atomic E-state index is 11.5. The molecule has 0 amide bonds. The molecule has 2 rings (SSSR count). The Morgan fingerprint density at radius 3 is 2.38 bits per heavy atom. The van der Waals surface area contributed by atoms with Gasteiger partial charge in [-0.25, -0.2) is 8.42 Å². The van der Waals surface area contributed by atoms with E-state index in [4.69, 9.17) is 5.11 Å². The molecular weight excluding hydrogens is 298 g/mol. The lowest BCUT2D eigenvalue weighted by Gasteiger charge is -2.34. The predicted molar refractivity (Wildman–Crippen MR) is 77.6 cm³/mol. The zero-order valence-electron chi connectivity index (χ0n) is 11.6. The fourth-order valence-electron chi connectivity index (χ4n) is 2.34. The largest absolute Gasteiger partial charge is 0.392 e. The van der Waals surface area contributed by atoms with Gasteiger partial charge in [-0.05, 0) is 11.6 Å². The fraction of sp³-hybridized carbons (Fsp3) is 0.500. The van der Waals surface area contributed by atoms with Crippen molar-refractivity contribution in [3.63, 3.8) is 0 Å². The maximum Gasteiger partial charge on any atom is 0.292 e. The van der Waals surface area contributed by atoms with Gasteiger partial charge in [-0.2, -0.15) is 4.31 Å². The van der Waals surface area contributed by atoms with Gasteiger partial charge in [-0.15, -0.1) is 0 Å². The van der Waals surface area contributed by atoms with E-state index in [-0.39, 0.29) is 12.3 Å². The van der Waals surface area contributed by atoms with Crippen LogP contribution in [0, 0.1) is 10.1 Å². The third-order valence-corrected chi connectivity index (χ3v) is 4.77. The summed E-state index contributed by atoms with van der Waals surface area (Å²) in [6, 6.07) is 4.57. The van der Waals surface area contributed by atoms with E-state index in [0.29, 0.717) is 37.4 Å². The smallest absolute Gasteiger partial charge is 0.292 e. The van der Waals surface area contributed by atoms with Crippen LogP contribution >= 0.6 is 0 Å². The van der Waals surface area contributed by atoms with Crippen LogP contribution in [0.25, 0.3) is 0 Å². The van der Waals surface area contributed by atoms with Crippen LogP contribution in [0.2, 0.25) is 0 Å². The lowest BCUT2D eigenvalue weighted by Crippen LogP contribution is -2.48. The van der Waals surface area contributed by atoms with Crippen LogP contribution < -0.4 is 4.90 Å². The van der Waals surface area contributed by atoms with E-state index in [0.717, 1.165) is 6.26 Å². The van der Waals surface area contributed by atoms with Crippen LogP contribution in [0.5, 0.6) is 0 Å². The van der Waals surface area contributed by atoms with Crippen LogP contribution in [-0.2, 0) is 16.6 Å². The molecule has 1 fully saturated rings. The predicted octanol–water partition coefficient (Wildman–Crippen LogP) is 0.169. The number of anilines is 1. The van der Waals surface area contributed by atoms with Crippen molar-refractivity contribution in [3.8, 4) is 0 Å². The van der Waals surface area contributed by atoms with Gasteiger partial charge in [0.25, 0.3) is 5.69 Å². The highest BCUT2D eigenvalue weighted by Gasteiger charge is 2.27. The number of hydrogen-bond donors (Lipinski definition) is 1. The maximum absolute atomic E-state index is 11.5. The molecule has 1 aliphatic rings. The standard InChI is InChI=1S/C12H17N3O5S/c1-21(19,20)14-6-4-13(5-7-14)11-3-2-10(9-16)8-12(11)15(17)18/h2-3,8,16H,4-7,9H2,1H3. The number of aliphatic hydroxyl groups is 1. The number of sulfonamides is 1. The van der Waals surface area contributed by atoms with Gasteiger partial charge in [-0.3, -0.25) is 10.1 Å². The number of nitrogens with zero attached hydrogens (tertiary/aromatic N) is 3. The number of piperazine rings is 1. The molecule has 21 heavy (non-hydrogen) atoms. The second-order valence-corrected chi connectivity index (χ2v) is 6.87. The Bertz CT molecular complexity index is 638. The second-order valence-electron chi connectivity index (χ2n) is 4.89. The van der Waals surface area contributed by atoms with Gasteiger partial charge >= 0.3 is 0 Å². The van der Waals surface area contributed by atoms with Crippen molar-refractivity contribution in [2.24, 2.45) is 0 Å². The van der Waals surface area contributed by atoms with Gasteiger partial charge in [0.15, 0.2) is 0 Å². The first kappa shape index (κ1) is 15.7. The number of nitro benzene ring substituents is 1. The van der Waals surface area contributed by atoms with Gasteiger partial charge < -0.3 is 10.0 Å².